The first-order chi connectivity index (χ1) is 9.45. The fourth-order valence-corrected chi connectivity index (χ4v) is 1.47. The van der Waals surface area contributed by atoms with Gasteiger partial charge >= 0.3 is 11.9 Å². The van der Waals surface area contributed by atoms with Gasteiger partial charge in [-0.15, -0.1) is 0 Å². The Balaban J connectivity index is 2.64. The van der Waals surface area contributed by atoms with Gasteiger partial charge < -0.3 is 19.6 Å². The Labute approximate surface area is 113 Å². The zero-order chi connectivity index (χ0) is 15.1. The van der Waals surface area contributed by atoms with E-state index in [2.05, 4.69) is 9.73 Å². The molecule has 2 N–H and O–H groups in total. The lowest BCUT2D eigenvalue weighted by molar-refractivity contribution is -0.402. The maximum atomic E-state index is 11.7. The van der Waals surface area contributed by atoms with Gasteiger partial charge in [-0.05, 0) is 18.9 Å². The highest BCUT2D eigenvalue weighted by atomic mass is 16.6. The molecule has 0 saturated heterocycles. The molecule has 1 atom stereocenters. The Bertz CT molecular complexity index is 497. The second kappa shape index (κ2) is 7.24. The van der Waals surface area contributed by atoms with Gasteiger partial charge in [-0.3, -0.25) is 14.9 Å². The minimum Gasteiger partial charge on any atom is -0.480 e. The first-order valence-electron chi connectivity index (χ1n) is 5.72. The van der Waals surface area contributed by atoms with Gasteiger partial charge in [0.25, 0.3) is 5.91 Å². The smallest absolute Gasteiger partial charge is 0.433 e. The van der Waals surface area contributed by atoms with Gasteiger partial charge in [-0.1, -0.05) is 0 Å². The Morgan fingerprint density at radius 2 is 2.25 bits per heavy atom. The van der Waals surface area contributed by atoms with Crippen molar-refractivity contribution in [1.82, 2.24) is 5.32 Å². The number of carbonyl (C=O) groups is 2. The number of nitrogens with one attached hydrogen (secondary N) is 1. The van der Waals surface area contributed by atoms with E-state index in [0.717, 1.165) is 12.1 Å². The highest BCUT2D eigenvalue weighted by Gasteiger charge is 2.23. The number of nitro groups is 1. The predicted molar refractivity (Wildman–Crippen MR) is 65.4 cm³/mol. The zero-order valence-corrected chi connectivity index (χ0v) is 10.7. The third-order valence-corrected chi connectivity index (χ3v) is 2.44. The summed E-state index contributed by atoms with van der Waals surface area (Å²) >= 11 is 0. The number of hydrogen-bond acceptors (Lipinski definition) is 6. The number of rotatable bonds is 8. The molecule has 0 aromatic carbocycles. The second-order valence-electron chi connectivity index (χ2n) is 3.89. The first-order valence-corrected chi connectivity index (χ1v) is 5.72. The van der Waals surface area contributed by atoms with Crippen LogP contribution < -0.4 is 5.32 Å². The standard InChI is InChI=1S/C11H14N2O7/c1-19-6-2-3-7(11(15)16)12-10(14)8-4-5-9(20-8)13(17)18/h4-5,7H,2-3,6H2,1H3,(H,12,14)(H,15,16). The lowest BCUT2D eigenvalue weighted by atomic mass is 10.1. The van der Waals surface area contributed by atoms with Crippen LogP contribution >= 0.6 is 0 Å². The summed E-state index contributed by atoms with van der Waals surface area (Å²) in [6, 6.07) is 1.03. The number of ether oxygens (including phenoxy) is 1. The van der Waals surface area contributed by atoms with E-state index in [1.807, 2.05) is 0 Å². The van der Waals surface area contributed by atoms with E-state index in [1.165, 1.54) is 7.11 Å². The van der Waals surface area contributed by atoms with Crippen LogP contribution in [0.3, 0.4) is 0 Å². The SMILES string of the molecule is COCCCC(NC(=O)c1ccc([N+](=O)[O-])o1)C(=O)O. The number of carboxylic acid groups (broad SMARTS) is 1. The van der Waals surface area contributed by atoms with Gasteiger partial charge in [0.2, 0.25) is 0 Å². The summed E-state index contributed by atoms with van der Waals surface area (Å²) in [7, 11) is 1.48. The quantitative estimate of drug-likeness (QED) is 0.410. The molecular weight excluding hydrogens is 272 g/mol. The largest absolute Gasteiger partial charge is 0.480 e. The van der Waals surface area contributed by atoms with Gasteiger partial charge in [0.15, 0.2) is 5.76 Å². The molecule has 0 saturated carbocycles. The molecule has 1 rings (SSSR count). The molecule has 20 heavy (non-hydrogen) atoms. The van der Waals surface area contributed by atoms with Crippen LogP contribution in [0.25, 0.3) is 0 Å². The van der Waals surface area contributed by atoms with Crippen LogP contribution in [0.15, 0.2) is 16.5 Å². The van der Waals surface area contributed by atoms with Crippen molar-refractivity contribution in [3.05, 3.63) is 28.0 Å². The third kappa shape index (κ3) is 4.35. The molecule has 0 aliphatic heterocycles. The number of methoxy groups -OCH3 is 1. The highest BCUT2D eigenvalue weighted by molar-refractivity contribution is 5.94. The average molecular weight is 286 g/mol. The number of amides is 1. The molecule has 9 heteroatoms. The van der Waals surface area contributed by atoms with Crippen LogP contribution in [0.4, 0.5) is 5.88 Å². The van der Waals surface area contributed by atoms with Gasteiger partial charge in [0.1, 0.15) is 11.0 Å². The normalized spacial score (nSPS) is 11.8. The van der Waals surface area contributed by atoms with E-state index < -0.39 is 28.7 Å². The molecule has 0 spiro atoms. The van der Waals surface area contributed by atoms with Crippen LogP contribution in [-0.4, -0.2) is 41.7 Å². The number of carboxylic acids is 1. The fraction of sp³-hybridized carbons (Fsp3) is 0.455. The Morgan fingerprint density at radius 3 is 2.75 bits per heavy atom. The maximum absolute atomic E-state index is 11.7. The molecular formula is C11H14N2O7. The molecule has 9 nitrogen and oxygen atoms in total. The van der Waals surface area contributed by atoms with Crippen molar-refractivity contribution in [2.24, 2.45) is 0 Å². The van der Waals surface area contributed by atoms with Gasteiger partial charge in [-0.25, -0.2) is 4.79 Å². The molecule has 1 aromatic rings. The van der Waals surface area contributed by atoms with Gasteiger partial charge in [0, 0.05) is 13.7 Å². The summed E-state index contributed by atoms with van der Waals surface area (Å²) in [5, 5.41) is 21.6. The molecule has 0 radical (unpaired) electrons. The number of hydrogen-bond donors (Lipinski definition) is 2. The minimum atomic E-state index is -1.20. The molecule has 0 fully saturated rings. The number of carbonyl (C=O) groups excluding carboxylic acids is 1. The lowest BCUT2D eigenvalue weighted by Gasteiger charge is -2.12. The summed E-state index contributed by atoms with van der Waals surface area (Å²) < 4.78 is 9.48. The fourth-order valence-electron chi connectivity index (χ4n) is 1.47. The molecule has 110 valence electrons. The third-order valence-electron chi connectivity index (χ3n) is 2.44. The lowest BCUT2D eigenvalue weighted by Crippen LogP contribution is -2.40. The van der Waals surface area contributed by atoms with Gasteiger partial charge in [-0.2, -0.15) is 0 Å². The van der Waals surface area contributed by atoms with Crippen molar-refractivity contribution >= 4 is 17.8 Å². The van der Waals surface area contributed by atoms with E-state index in [9.17, 15) is 19.7 Å². The molecule has 1 unspecified atom stereocenters. The molecule has 1 aromatic heterocycles. The van der Waals surface area contributed by atoms with Crippen molar-refractivity contribution < 1.29 is 28.8 Å². The van der Waals surface area contributed by atoms with E-state index in [0.29, 0.717) is 13.0 Å². The average Bonchev–Trinajstić information content (AvgIpc) is 2.87. The van der Waals surface area contributed by atoms with E-state index >= 15 is 0 Å². The summed E-state index contributed by atoms with van der Waals surface area (Å²) in [6.07, 6.45) is 0.629. The predicted octanol–water partition coefficient (Wildman–Crippen LogP) is 0.797. The number of aliphatic carboxylic acids is 1. The van der Waals surface area contributed by atoms with Crippen molar-refractivity contribution in [2.75, 3.05) is 13.7 Å². The highest BCUT2D eigenvalue weighted by Crippen LogP contribution is 2.15. The summed E-state index contributed by atoms with van der Waals surface area (Å²) in [5.41, 5.74) is 0. The topological polar surface area (TPSA) is 132 Å². The number of furan rings is 1. The number of nitrogens with zero attached hydrogens (tertiary/aromatic N) is 1. The monoisotopic (exact) mass is 286 g/mol. The Morgan fingerprint density at radius 1 is 1.55 bits per heavy atom. The van der Waals surface area contributed by atoms with E-state index in [4.69, 9.17) is 9.84 Å². The zero-order valence-electron chi connectivity index (χ0n) is 10.7. The van der Waals surface area contributed by atoms with Crippen LogP contribution in [0.2, 0.25) is 0 Å². The molecule has 0 bridgehead atoms. The second-order valence-corrected chi connectivity index (χ2v) is 3.89. The van der Waals surface area contributed by atoms with Crippen LogP contribution in [0, 0.1) is 10.1 Å². The molecule has 0 aliphatic rings. The maximum Gasteiger partial charge on any atom is 0.433 e. The van der Waals surface area contributed by atoms with Crippen LogP contribution in [-0.2, 0) is 9.53 Å². The first kappa shape index (κ1) is 15.6. The summed E-state index contributed by atoms with van der Waals surface area (Å²) in [4.78, 5) is 32.3. The summed E-state index contributed by atoms with van der Waals surface area (Å²) in [6.45, 7) is 0.367. The van der Waals surface area contributed by atoms with E-state index in [-0.39, 0.29) is 12.2 Å². The Kier molecular flexibility index (Phi) is 5.66. The van der Waals surface area contributed by atoms with Crippen LogP contribution in [0.1, 0.15) is 23.4 Å². The molecule has 1 heterocycles. The molecule has 1 amide bonds. The minimum absolute atomic E-state index is 0.178. The van der Waals surface area contributed by atoms with Crippen LogP contribution in [0.5, 0.6) is 0 Å². The van der Waals surface area contributed by atoms with Crippen molar-refractivity contribution in [3.63, 3.8) is 0 Å². The van der Waals surface area contributed by atoms with E-state index in [1.54, 1.807) is 0 Å². The Hall–Kier alpha value is -2.42. The summed E-state index contributed by atoms with van der Waals surface area (Å²) in [5.74, 6) is -2.91. The van der Waals surface area contributed by atoms with Crippen molar-refractivity contribution in [1.29, 1.82) is 0 Å². The molecule has 0 aliphatic carbocycles. The van der Waals surface area contributed by atoms with Gasteiger partial charge in [0.05, 0.1) is 6.07 Å². The van der Waals surface area contributed by atoms with Crippen molar-refractivity contribution in [3.8, 4) is 0 Å². The van der Waals surface area contributed by atoms with Crippen molar-refractivity contribution in [2.45, 2.75) is 18.9 Å².